The summed E-state index contributed by atoms with van der Waals surface area (Å²) >= 11 is 0. The summed E-state index contributed by atoms with van der Waals surface area (Å²) in [4.78, 5) is 3.47. The molecule has 0 atom stereocenters. The number of hydrogen-bond acceptors (Lipinski definition) is 3. The number of aromatic nitrogens is 1. The van der Waals surface area contributed by atoms with Gasteiger partial charge in [-0.2, -0.15) is 26.3 Å². The summed E-state index contributed by atoms with van der Waals surface area (Å²) in [5.74, 6) is -0.764. The second-order valence-corrected chi connectivity index (χ2v) is 3.74. The molecule has 0 fully saturated rings. The number of ether oxygens (including phenoxy) is 1. The minimum atomic E-state index is -5.58. The second kappa shape index (κ2) is 5.24. The second-order valence-electron chi connectivity index (χ2n) is 3.74. The van der Waals surface area contributed by atoms with Gasteiger partial charge in [-0.15, -0.1) is 0 Å². The molecular formula is C10H10F6N2O. The molecule has 0 aliphatic heterocycles. The van der Waals surface area contributed by atoms with Crippen molar-refractivity contribution in [2.24, 2.45) is 5.73 Å². The zero-order chi connectivity index (χ0) is 14.8. The molecule has 0 spiro atoms. The van der Waals surface area contributed by atoms with Crippen LogP contribution in [0.5, 0.6) is 5.88 Å². The standard InChI is InChI=1S/C10H10F6N2O/c1-5-2-6(4-17)3-7(18-5)19-8(9(11,12)13)10(14,15)16/h2-3,8H,4,17H2,1H3. The van der Waals surface area contributed by atoms with Gasteiger partial charge in [0, 0.05) is 18.3 Å². The van der Waals surface area contributed by atoms with Crippen molar-refractivity contribution in [3.8, 4) is 5.88 Å². The molecule has 0 radical (unpaired) electrons. The smallest absolute Gasteiger partial charge is 0.434 e. The Labute approximate surface area is 104 Å². The first-order chi connectivity index (χ1) is 8.54. The van der Waals surface area contributed by atoms with Crippen molar-refractivity contribution in [1.82, 2.24) is 4.98 Å². The average Bonchev–Trinajstić information content (AvgIpc) is 2.22. The largest absolute Gasteiger partial charge is 0.455 e. The monoisotopic (exact) mass is 288 g/mol. The summed E-state index contributed by atoms with van der Waals surface area (Å²) < 4.78 is 77.7. The number of nitrogens with two attached hydrogens (primary N) is 1. The molecule has 1 rings (SSSR count). The van der Waals surface area contributed by atoms with Gasteiger partial charge in [0.2, 0.25) is 5.88 Å². The number of rotatable bonds is 3. The predicted molar refractivity (Wildman–Crippen MR) is 53.4 cm³/mol. The highest BCUT2D eigenvalue weighted by molar-refractivity contribution is 5.24. The van der Waals surface area contributed by atoms with Gasteiger partial charge in [-0.3, -0.25) is 0 Å². The minimum absolute atomic E-state index is 0.0532. The van der Waals surface area contributed by atoms with E-state index < -0.39 is 24.3 Å². The topological polar surface area (TPSA) is 48.1 Å². The van der Waals surface area contributed by atoms with Crippen LogP contribution in [0.3, 0.4) is 0 Å². The third-order valence-electron chi connectivity index (χ3n) is 2.06. The van der Waals surface area contributed by atoms with E-state index >= 15 is 0 Å². The van der Waals surface area contributed by atoms with E-state index in [0.29, 0.717) is 5.56 Å². The third-order valence-corrected chi connectivity index (χ3v) is 2.06. The molecule has 0 saturated heterocycles. The van der Waals surface area contributed by atoms with E-state index in [1.54, 1.807) is 0 Å². The maximum Gasteiger partial charge on any atom is 0.434 e. The Kier molecular flexibility index (Phi) is 4.28. The Morgan fingerprint density at radius 3 is 2.11 bits per heavy atom. The van der Waals surface area contributed by atoms with Crippen LogP contribution in [-0.2, 0) is 6.54 Å². The fourth-order valence-corrected chi connectivity index (χ4v) is 1.33. The van der Waals surface area contributed by atoms with Crippen LogP contribution in [-0.4, -0.2) is 23.4 Å². The lowest BCUT2D eigenvalue weighted by atomic mass is 10.2. The van der Waals surface area contributed by atoms with E-state index in [1.807, 2.05) is 0 Å². The molecule has 1 aromatic heterocycles. The maximum atomic E-state index is 12.3. The number of alkyl halides is 6. The number of halogens is 6. The lowest BCUT2D eigenvalue weighted by Gasteiger charge is -2.23. The number of aryl methyl sites for hydroxylation is 1. The van der Waals surface area contributed by atoms with Gasteiger partial charge in [-0.1, -0.05) is 0 Å². The number of hydrogen-bond donors (Lipinski definition) is 1. The van der Waals surface area contributed by atoms with Crippen molar-refractivity contribution in [2.75, 3.05) is 0 Å². The molecular weight excluding hydrogens is 278 g/mol. The summed E-state index contributed by atoms with van der Waals surface area (Å²) in [7, 11) is 0. The summed E-state index contributed by atoms with van der Waals surface area (Å²) in [5.41, 5.74) is 5.80. The lowest BCUT2D eigenvalue weighted by Crippen LogP contribution is -2.46. The Morgan fingerprint density at radius 2 is 1.68 bits per heavy atom. The van der Waals surface area contributed by atoms with Gasteiger partial charge >= 0.3 is 12.4 Å². The molecule has 0 saturated carbocycles. The summed E-state index contributed by atoms with van der Waals surface area (Å²) in [6.07, 6.45) is -15.1. The van der Waals surface area contributed by atoms with Crippen LogP contribution < -0.4 is 10.5 Å². The van der Waals surface area contributed by atoms with Crippen LogP contribution in [0.15, 0.2) is 12.1 Å². The first-order valence-corrected chi connectivity index (χ1v) is 5.01. The van der Waals surface area contributed by atoms with Crippen LogP contribution in [0.1, 0.15) is 11.3 Å². The Hall–Kier alpha value is -1.51. The highest BCUT2D eigenvalue weighted by atomic mass is 19.4. The fraction of sp³-hybridized carbons (Fsp3) is 0.500. The number of nitrogens with zero attached hydrogens (tertiary/aromatic N) is 1. The third kappa shape index (κ3) is 4.27. The van der Waals surface area contributed by atoms with Crippen molar-refractivity contribution in [3.05, 3.63) is 23.4 Å². The van der Waals surface area contributed by atoms with E-state index in [0.717, 1.165) is 6.07 Å². The summed E-state index contributed by atoms with van der Waals surface area (Å²) in [6, 6.07) is 2.38. The van der Waals surface area contributed by atoms with Crippen LogP contribution in [0, 0.1) is 6.92 Å². The molecule has 19 heavy (non-hydrogen) atoms. The summed E-state index contributed by atoms with van der Waals surface area (Å²) in [6.45, 7) is 1.35. The molecule has 3 nitrogen and oxygen atoms in total. The van der Waals surface area contributed by atoms with Gasteiger partial charge in [-0.25, -0.2) is 4.98 Å². The normalized spacial score (nSPS) is 12.9. The quantitative estimate of drug-likeness (QED) is 0.870. The first kappa shape index (κ1) is 15.5. The minimum Gasteiger partial charge on any atom is -0.455 e. The van der Waals surface area contributed by atoms with Crippen molar-refractivity contribution >= 4 is 0 Å². The molecule has 1 aromatic rings. The molecule has 9 heteroatoms. The van der Waals surface area contributed by atoms with Gasteiger partial charge in [-0.05, 0) is 18.6 Å². The highest BCUT2D eigenvalue weighted by Gasteiger charge is 2.59. The van der Waals surface area contributed by atoms with Gasteiger partial charge in [0.15, 0.2) is 0 Å². The van der Waals surface area contributed by atoms with Crippen LogP contribution in [0.25, 0.3) is 0 Å². The van der Waals surface area contributed by atoms with Crippen molar-refractivity contribution < 1.29 is 31.1 Å². The first-order valence-electron chi connectivity index (χ1n) is 5.01. The van der Waals surface area contributed by atoms with Crippen molar-refractivity contribution in [3.63, 3.8) is 0 Å². The van der Waals surface area contributed by atoms with E-state index in [9.17, 15) is 26.3 Å². The molecule has 1 heterocycles. The maximum absolute atomic E-state index is 12.3. The van der Waals surface area contributed by atoms with Gasteiger partial charge in [0.25, 0.3) is 6.10 Å². The van der Waals surface area contributed by atoms with E-state index in [-0.39, 0.29) is 12.2 Å². The van der Waals surface area contributed by atoms with Crippen molar-refractivity contribution in [2.45, 2.75) is 31.9 Å². The molecule has 2 N–H and O–H groups in total. The Bertz CT molecular complexity index is 429. The van der Waals surface area contributed by atoms with E-state index in [1.165, 1.54) is 13.0 Å². The van der Waals surface area contributed by atoms with Crippen LogP contribution in [0.2, 0.25) is 0 Å². The molecule has 0 aliphatic carbocycles. The lowest BCUT2D eigenvalue weighted by molar-refractivity contribution is -0.300. The molecule has 0 unspecified atom stereocenters. The van der Waals surface area contributed by atoms with E-state index in [2.05, 4.69) is 9.72 Å². The molecule has 0 aliphatic rings. The average molecular weight is 288 g/mol. The van der Waals surface area contributed by atoms with Crippen LogP contribution in [0.4, 0.5) is 26.3 Å². The molecule has 108 valence electrons. The van der Waals surface area contributed by atoms with Gasteiger partial charge < -0.3 is 10.5 Å². The zero-order valence-corrected chi connectivity index (χ0v) is 9.64. The Morgan fingerprint density at radius 1 is 1.16 bits per heavy atom. The zero-order valence-electron chi connectivity index (χ0n) is 9.64. The summed E-state index contributed by atoms with van der Waals surface area (Å²) in [5, 5.41) is 0. The highest BCUT2D eigenvalue weighted by Crippen LogP contribution is 2.36. The Balaban J connectivity index is 3.07. The molecule has 0 bridgehead atoms. The number of pyridine rings is 1. The molecule has 0 amide bonds. The SMILES string of the molecule is Cc1cc(CN)cc(OC(C(F)(F)F)C(F)(F)F)n1. The van der Waals surface area contributed by atoms with E-state index in [4.69, 9.17) is 5.73 Å². The van der Waals surface area contributed by atoms with Gasteiger partial charge in [0.1, 0.15) is 0 Å². The molecule has 0 aromatic carbocycles. The van der Waals surface area contributed by atoms with Gasteiger partial charge in [0.05, 0.1) is 0 Å². The van der Waals surface area contributed by atoms with Crippen LogP contribution >= 0.6 is 0 Å². The fourth-order valence-electron chi connectivity index (χ4n) is 1.33. The predicted octanol–water partition coefficient (Wildman–Crippen LogP) is 2.72. The van der Waals surface area contributed by atoms with Crippen molar-refractivity contribution in [1.29, 1.82) is 0 Å².